The van der Waals surface area contributed by atoms with Crippen LogP contribution in [0.3, 0.4) is 0 Å². The molecule has 0 saturated carbocycles. The minimum absolute atomic E-state index is 0.725. The van der Waals surface area contributed by atoms with E-state index in [1.54, 1.807) is 0 Å². The molecule has 0 aromatic rings. The molecule has 16 heavy (non-hydrogen) atoms. The van der Waals surface area contributed by atoms with Gasteiger partial charge >= 0.3 is 0 Å². The third-order valence-corrected chi connectivity index (χ3v) is 11.6. The third-order valence-electron chi connectivity index (χ3n) is 4.03. The van der Waals surface area contributed by atoms with Gasteiger partial charge in [-0.25, -0.2) is 0 Å². The molecule has 0 bridgehead atoms. The molecule has 0 rings (SSSR count). The van der Waals surface area contributed by atoms with Crippen LogP contribution in [0, 0.1) is 0 Å². The molecule has 0 aliphatic carbocycles. The van der Waals surface area contributed by atoms with Crippen LogP contribution in [0.1, 0.15) is 40.5 Å². The molecule has 0 radical (unpaired) electrons. The van der Waals surface area contributed by atoms with Gasteiger partial charge in [-0.15, -0.1) is 0 Å². The first-order chi connectivity index (χ1) is 7.45. The van der Waals surface area contributed by atoms with Crippen molar-refractivity contribution >= 4 is 16.8 Å². The van der Waals surface area contributed by atoms with Crippen LogP contribution in [0.4, 0.5) is 8.22 Å². The fourth-order valence-electron chi connectivity index (χ4n) is 2.09. The summed E-state index contributed by atoms with van der Waals surface area (Å²) < 4.78 is 28.2. The molecule has 98 valence electrons. The Hall–Kier alpha value is 0.294. The van der Waals surface area contributed by atoms with Crippen molar-refractivity contribution < 1.29 is 8.22 Å². The Kier molecular flexibility index (Phi) is 7.73. The Bertz CT molecular complexity index is 158. The summed E-state index contributed by atoms with van der Waals surface area (Å²) in [4.78, 5) is 0. The maximum atomic E-state index is 14.1. The van der Waals surface area contributed by atoms with E-state index in [-0.39, 0.29) is 0 Å². The van der Waals surface area contributed by atoms with Crippen LogP contribution in [0.25, 0.3) is 0 Å². The number of hydrogen-bond donors (Lipinski definition) is 0. The molecule has 0 nitrogen and oxygen atoms in total. The van der Waals surface area contributed by atoms with Crippen LogP contribution in [-0.4, -0.2) is 16.8 Å². The Morgan fingerprint density at radius 1 is 0.625 bits per heavy atom. The van der Waals surface area contributed by atoms with Gasteiger partial charge in [0.2, 0.25) is 16.8 Å². The lowest BCUT2D eigenvalue weighted by atomic mass is 10.4. The van der Waals surface area contributed by atoms with Crippen molar-refractivity contribution in [1.29, 1.82) is 0 Å². The van der Waals surface area contributed by atoms with Crippen LogP contribution in [0.5, 0.6) is 0 Å². The van der Waals surface area contributed by atoms with Gasteiger partial charge in [-0.1, -0.05) is 40.5 Å². The van der Waals surface area contributed by atoms with E-state index in [1.165, 1.54) is 0 Å². The maximum absolute atomic E-state index is 14.1. The lowest BCUT2D eigenvalue weighted by Gasteiger charge is -2.21. The van der Waals surface area contributed by atoms with Gasteiger partial charge in [0.15, 0.2) is 0 Å². The second kappa shape index (κ2) is 7.59. The first kappa shape index (κ1) is 16.3. The smallest absolute Gasteiger partial charge is 0.246 e. The zero-order valence-electron chi connectivity index (χ0n) is 11.4. The van der Waals surface area contributed by atoms with Crippen LogP contribution < -0.4 is 0 Å². The molecular weight excluding hydrogens is 238 g/mol. The summed E-state index contributed by atoms with van der Waals surface area (Å²) in [6.45, 7) is 7.84. The molecule has 0 aromatic heterocycles. The number of halogens is 2. The number of hydrogen-bond acceptors (Lipinski definition) is 0. The molecule has 0 atom stereocenters. The molecule has 0 spiro atoms. The molecule has 0 amide bonds. The fourth-order valence-corrected chi connectivity index (χ4v) is 6.27. The lowest BCUT2D eigenvalue weighted by molar-refractivity contribution is 0.690. The topological polar surface area (TPSA) is 0 Å². The van der Waals surface area contributed by atoms with Crippen molar-refractivity contribution in [1.82, 2.24) is 0 Å². The molecular formula is C12H28F2Si2. The fraction of sp³-hybridized carbons (Fsp3) is 1.00. The second-order valence-electron chi connectivity index (χ2n) is 4.92. The summed E-state index contributed by atoms with van der Waals surface area (Å²) in [5, 5.41) is 0. The van der Waals surface area contributed by atoms with Crippen molar-refractivity contribution in [2.75, 3.05) is 0 Å². The lowest BCUT2D eigenvalue weighted by Crippen LogP contribution is -2.27. The quantitative estimate of drug-likeness (QED) is 0.286. The summed E-state index contributed by atoms with van der Waals surface area (Å²) in [5.74, 6) is 0. The predicted molar refractivity (Wildman–Crippen MR) is 74.5 cm³/mol. The van der Waals surface area contributed by atoms with Crippen molar-refractivity contribution in [3.63, 3.8) is 0 Å². The predicted octanol–water partition coefficient (Wildman–Crippen LogP) is 5.68. The van der Waals surface area contributed by atoms with Gasteiger partial charge in [0.25, 0.3) is 0 Å². The van der Waals surface area contributed by atoms with E-state index in [4.69, 9.17) is 0 Å². The standard InChI is InChI=1S/C12H28F2Si2/c1-5-15(13,6-2)11-9-10-12-16(14,7-3)8-4/h5-12H2,1-4H3. The van der Waals surface area contributed by atoms with Gasteiger partial charge in [0.1, 0.15) is 0 Å². The highest BCUT2D eigenvalue weighted by molar-refractivity contribution is 6.73. The van der Waals surface area contributed by atoms with Crippen molar-refractivity contribution in [3.05, 3.63) is 0 Å². The largest absolute Gasteiger partial charge is 0.314 e. The number of rotatable bonds is 9. The molecule has 0 unspecified atom stereocenters. The molecule has 0 heterocycles. The maximum Gasteiger partial charge on any atom is 0.246 e. The van der Waals surface area contributed by atoms with Gasteiger partial charge in [-0.05, 0) is 36.3 Å². The highest BCUT2D eigenvalue weighted by Gasteiger charge is 2.31. The van der Waals surface area contributed by atoms with Gasteiger partial charge in [0.05, 0.1) is 0 Å². The summed E-state index contributed by atoms with van der Waals surface area (Å²) in [7, 11) is -4.84. The van der Waals surface area contributed by atoms with Gasteiger partial charge in [-0.3, -0.25) is 0 Å². The normalized spacial score (nSPS) is 13.1. The van der Waals surface area contributed by atoms with Gasteiger partial charge < -0.3 is 8.22 Å². The van der Waals surface area contributed by atoms with E-state index in [0.29, 0.717) is 0 Å². The average molecular weight is 267 g/mol. The average Bonchev–Trinajstić information content (AvgIpc) is 2.34. The highest BCUT2D eigenvalue weighted by Crippen LogP contribution is 2.28. The molecule has 4 heteroatoms. The minimum atomic E-state index is -2.42. The SMILES string of the molecule is CC[Si](F)(CC)CCCC[Si](F)(CC)CC. The molecule has 0 aliphatic rings. The Morgan fingerprint density at radius 2 is 0.875 bits per heavy atom. The molecule has 0 aliphatic heterocycles. The Balaban J connectivity index is 3.83. The van der Waals surface area contributed by atoms with Crippen molar-refractivity contribution in [3.8, 4) is 0 Å². The van der Waals surface area contributed by atoms with Crippen molar-refractivity contribution in [2.24, 2.45) is 0 Å². The summed E-state index contributed by atoms with van der Waals surface area (Å²) in [6, 6.07) is 4.40. The second-order valence-corrected chi connectivity index (χ2v) is 13.4. The zero-order chi connectivity index (χ0) is 12.7. The monoisotopic (exact) mass is 266 g/mol. The minimum Gasteiger partial charge on any atom is -0.314 e. The highest BCUT2D eigenvalue weighted by atomic mass is 28.4. The van der Waals surface area contributed by atoms with E-state index in [9.17, 15) is 8.22 Å². The van der Waals surface area contributed by atoms with E-state index in [2.05, 4.69) is 0 Å². The molecule has 0 aromatic carbocycles. The summed E-state index contributed by atoms with van der Waals surface area (Å²) >= 11 is 0. The van der Waals surface area contributed by atoms with Crippen LogP contribution in [-0.2, 0) is 0 Å². The summed E-state index contributed by atoms with van der Waals surface area (Å²) in [5.41, 5.74) is 0. The third kappa shape index (κ3) is 5.57. The first-order valence-electron chi connectivity index (χ1n) is 6.83. The van der Waals surface area contributed by atoms with Crippen LogP contribution in [0.2, 0.25) is 36.3 Å². The van der Waals surface area contributed by atoms with Crippen LogP contribution in [0.15, 0.2) is 0 Å². The van der Waals surface area contributed by atoms with Crippen LogP contribution >= 0.6 is 0 Å². The number of unbranched alkanes of at least 4 members (excludes halogenated alkanes) is 1. The van der Waals surface area contributed by atoms with Gasteiger partial charge in [-0.2, -0.15) is 0 Å². The first-order valence-corrected chi connectivity index (χ1v) is 11.8. The zero-order valence-corrected chi connectivity index (χ0v) is 13.4. The molecule has 0 saturated heterocycles. The van der Waals surface area contributed by atoms with E-state index in [0.717, 1.165) is 49.1 Å². The molecule has 0 fully saturated rings. The van der Waals surface area contributed by atoms with E-state index in [1.807, 2.05) is 27.7 Å². The van der Waals surface area contributed by atoms with E-state index >= 15 is 0 Å². The summed E-state index contributed by atoms with van der Waals surface area (Å²) in [6.07, 6.45) is 1.81. The Labute approximate surface area is 102 Å². The Morgan fingerprint density at radius 3 is 1.06 bits per heavy atom. The van der Waals surface area contributed by atoms with Crippen molar-refractivity contribution in [2.45, 2.75) is 76.8 Å². The van der Waals surface area contributed by atoms with E-state index < -0.39 is 16.8 Å². The van der Waals surface area contributed by atoms with Gasteiger partial charge in [0, 0.05) is 0 Å². The molecule has 0 N–H and O–H groups in total.